The van der Waals surface area contributed by atoms with Crippen LogP contribution in [0.3, 0.4) is 0 Å². The quantitative estimate of drug-likeness (QED) is 0.0236. The molecule has 0 bridgehead atoms. The van der Waals surface area contributed by atoms with Gasteiger partial charge in [-0.25, -0.2) is 54.8 Å². The molecule has 0 N–H and O–H groups in total. The van der Waals surface area contributed by atoms with E-state index in [0.29, 0.717) is 131 Å². The molecule has 684 valence electrons. The first kappa shape index (κ1) is 95.2. The van der Waals surface area contributed by atoms with E-state index >= 15 is 0 Å². The van der Waals surface area contributed by atoms with Crippen LogP contribution >= 0.6 is 0 Å². The minimum Gasteiger partial charge on any atom is -0.853 e. The number of aliphatic imine (C=N–C) groups is 6. The Balaban J connectivity index is 0.000000170. The zero-order chi connectivity index (χ0) is 95.2. The van der Waals surface area contributed by atoms with Crippen LogP contribution in [-0.2, 0) is 97.8 Å². The number of hydrogen-bond donors (Lipinski definition) is 0. The minimum atomic E-state index is -0.303. The third kappa shape index (κ3) is 21.9. The van der Waals surface area contributed by atoms with Crippen molar-refractivity contribution in [1.82, 2.24) is 27.4 Å². The van der Waals surface area contributed by atoms with Crippen LogP contribution in [0, 0.1) is 0 Å². The molecule has 0 spiro atoms. The fourth-order valence-electron chi connectivity index (χ4n) is 16.2. The third-order valence-electron chi connectivity index (χ3n) is 24.6. The molecule has 0 aliphatic carbocycles. The highest BCUT2D eigenvalue weighted by atomic mass is 16.5. The second-order valence-corrected chi connectivity index (χ2v) is 34.3. The van der Waals surface area contributed by atoms with Crippen LogP contribution in [0.2, 0.25) is 0 Å². The van der Waals surface area contributed by atoms with E-state index in [-0.39, 0.29) is 57.5 Å². The highest BCUT2D eigenvalue weighted by Crippen LogP contribution is 2.40. The summed E-state index contributed by atoms with van der Waals surface area (Å²) in [7, 11) is 11.1. The second kappa shape index (κ2) is 41.6. The van der Waals surface area contributed by atoms with Crippen molar-refractivity contribution < 1.29 is 67.5 Å². The van der Waals surface area contributed by atoms with Gasteiger partial charge in [0.05, 0.1) is 151 Å². The van der Waals surface area contributed by atoms with Gasteiger partial charge in [-0.3, -0.25) is 30.0 Å². The molecular weight excluding hydrogens is 1670 g/mol. The Labute approximate surface area is 778 Å². The monoisotopic (exact) mass is 1780 g/mol. The minimum absolute atomic E-state index is 0.149. The number of ether oxygens (including phenoxy) is 2. The van der Waals surface area contributed by atoms with Crippen LogP contribution < -0.4 is 67.5 Å². The first-order valence-electron chi connectivity index (χ1n) is 44.9. The van der Waals surface area contributed by atoms with Gasteiger partial charge in [0, 0.05) is 22.2 Å². The average Bonchev–Trinajstić information content (AvgIpc) is 1.77. The first-order chi connectivity index (χ1) is 63.7. The van der Waals surface area contributed by atoms with Gasteiger partial charge in [-0.1, -0.05) is 146 Å². The fraction of sp³-hybridized carbons (Fsp3) is 0.271. The molecule has 26 heteroatoms. The Kier molecular flexibility index (Phi) is 29.8. The molecule has 0 saturated heterocycles. The van der Waals surface area contributed by atoms with Gasteiger partial charge in [-0.2, -0.15) is 0 Å². The van der Waals surface area contributed by atoms with E-state index in [1.165, 1.54) is 22.3 Å². The Hall–Kier alpha value is -15.3. The summed E-state index contributed by atoms with van der Waals surface area (Å²) in [5, 5.41) is 77.0. The number of aromatic nitrogens is 12. The summed E-state index contributed by atoms with van der Waals surface area (Å²) in [6.07, 6.45) is 22.4. The van der Waals surface area contributed by atoms with Crippen molar-refractivity contribution in [3.8, 4) is 23.0 Å². The van der Waals surface area contributed by atoms with Crippen molar-refractivity contribution in [2.45, 2.75) is 151 Å². The van der Waals surface area contributed by atoms with Crippen LogP contribution in [0.1, 0.15) is 175 Å². The molecule has 0 saturated carbocycles. The highest BCUT2D eigenvalue weighted by Gasteiger charge is 2.30. The van der Waals surface area contributed by atoms with Gasteiger partial charge >= 0.3 is 0 Å². The van der Waals surface area contributed by atoms with Crippen molar-refractivity contribution in [1.29, 1.82) is 0 Å². The van der Waals surface area contributed by atoms with Crippen LogP contribution in [0.5, 0.6) is 23.0 Å². The predicted octanol–water partition coefficient (Wildman–Crippen LogP) is 12.3. The van der Waals surface area contributed by atoms with Crippen LogP contribution in [0.25, 0.3) is 0 Å². The number of rotatable bonds is 30. The van der Waals surface area contributed by atoms with Gasteiger partial charge in [0.1, 0.15) is 97.4 Å². The van der Waals surface area contributed by atoms with Crippen molar-refractivity contribution in [2.75, 3.05) is 0 Å². The summed E-state index contributed by atoms with van der Waals surface area (Å²) in [6.45, 7) is 31.6. The molecule has 6 aromatic heterocycles. The normalized spacial score (nSPS) is 12.8. The maximum atomic E-state index is 12.9. The molecule has 133 heavy (non-hydrogen) atoms. The van der Waals surface area contributed by atoms with Crippen molar-refractivity contribution in [2.24, 2.45) is 72.2 Å². The average molecular weight is 1780 g/mol. The zero-order valence-corrected chi connectivity index (χ0v) is 79.3. The summed E-state index contributed by atoms with van der Waals surface area (Å²) in [5.41, 5.74) is 12.2. The molecule has 9 aromatic carbocycles. The lowest BCUT2D eigenvalue weighted by atomic mass is 9.74. The molecule has 1 unspecified atom stereocenters. The first-order valence-corrected chi connectivity index (χ1v) is 44.9. The molecule has 0 amide bonds. The summed E-state index contributed by atoms with van der Waals surface area (Å²) >= 11 is 0. The van der Waals surface area contributed by atoms with E-state index in [1.54, 1.807) is 100 Å². The Morgan fingerprint density at radius 1 is 0.263 bits per heavy atom. The molecule has 0 aliphatic heterocycles. The molecule has 0 fully saturated rings. The molecule has 0 radical (unpaired) electrons. The standard InChI is InChI=1S/C38H44N6O2.C37H42N6O2.C32H32N6O4/c1-9-43-25-23-41(7)35(43)33(45)39-31-19-15-29(16-20-31)37(3,4)27-11-13-28(14-12-27)38(5,6)30-17-21-32(22-18-30)40-34(46)36-42(8)24-26-44(36)10-2;1-8-42-23-21-40(6)35(42)33(44)38-31-17-13-27(14-18-31)26(3)28-11-10-12-30(25-28)37(4,5)29-15-19-32(20-16-29)39-34(45)36-41(7)22-24-43(36)9-2;1-5-37-21-19-35(3)31(37)29(39)33-23-7-11-25(12-8-23)41-27-15-17-28(18-16-27)42-26-13-9-24(10-14-26)34-30(40)32-36(4)20-22-38(32)6-2/h11-26H,9-10H2,1-8H3;10-26H,8-9H2,1-7H3;7-22H,5-6H2,1-4H3. The van der Waals surface area contributed by atoms with Crippen molar-refractivity contribution in [3.05, 3.63) is 372 Å². The number of aryl methyl sites for hydroxylation is 12. The Morgan fingerprint density at radius 3 is 0.669 bits per heavy atom. The maximum absolute atomic E-state index is 12.9. The molecule has 15 rings (SSSR count). The van der Waals surface area contributed by atoms with E-state index in [2.05, 4.69) is 163 Å². The largest absolute Gasteiger partial charge is 0.853 e. The molecular formula is C107H118N18O8. The van der Waals surface area contributed by atoms with E-state index < -0.39 is 0 Å². The van der Waals surface area contributed by atoms with Gasteiger partial charge in [-0.05, 0) is 207 Å². The SMILES string of the molecule is CCn1cc[n+](C)c1C([O-])=Nc1ccc(C(C)(C)c2ccc(C(C)(C)c3ccc(N=C([O-])c4n(CC)cc[n+]4C)cc3)cc2)cc1.CCn1cc[n+](C)c1C([O-])=Nc1ccc(C(C)c2cccc(C(C)(C)c3ccc(N=C([O-])c4n(CC)cc[n+]4C)cc3)c2)cc1.CCn1cc[n+](C)c1C([O-])=Nc1ccc(Oc2ccc(Oc3ccc(N=C([O-])c4n(CC)cc[n+]4C)cc3)cc2)cc1. The summed E-state index contributed by atoms with van der Waals surface area (Å²) in [5.74, 6) is 4.30. The topological polar surface area (TPSA) is 284 Å². The van der Waals surface area contributed by atoms with Crippen LogP contribution in [-0.4, -0.2) is 62.8 Å². The van der Waals surface area contributed by atoms with Gasteiger partial charge < -0.3 is 40.1 Å². The molecule has 1 atom stereocenters. The van der Waals surface area contributed by atoms with E-state index in [1.807, 2.05) is 246 Å². The number of benzene rings is 9. The van der Waals surface area contributed by atoms with Gasteiger partial charge in [-0.15, -0.1) is 0 Å². The highest BCUT2D eigenvalue weighted by molar-refractivity contribution is 5.91. The predicted molar refractivity (Wildman–Crippen MR) is 507 cm³/mol. The number of hydrogen-bond acceptors (Lipinski definition) is 14. The molecule has 6 heterocycles. The Bertz CT molecular complexity index is 6450. The van der Waals surface area contributed by atoms with Gasteiger partial charge in [0.2, 0.25) is 0 Å². The lowest BCUT2D eigenvalue weighted by molar-refractivity contribution is -0.674. The Morgan fingerprint density at radius 2 is 0.451 bits per heavy atom. The molecule has 15 aromatic rings. The number of nitrogens with zero attached hydrogens (tertiary/aromatic N) is 18. The van der Waals surface area contributed by atoms with Crippen LogP contribution in [0.4, 0.5) is 34.1 Å². The summed E-state index contributed by atoms with van der Waals surface area (Å²) in [4.78, 5) is 25.9. The lowest BCUT2D eigenvalue weighted by Gasteiger charge is -2.29. The smallest absolute Gasteiger partial charge is 0.292 e. The van der Waals surface area contributed by atoms with E-state index in [4.69, 9.17) is 9.47 Å². The fourth-order valence-corrected chi connectivity index (χ4v) is 16.2. The zero-order valence-electron chi connectivity index (χ0n) is 79.3. The van der Waals surface area contributed by atoms with E-state index in [0.717, 1.165) is 22.3 Å². The molecule has 26 nitrogen and oxygen atoms in total. The molecule has 0 aliphatic rings. The van der Waals surface area contributed by atoms with Gasteiger partial charge in [0.15, 0.2) is 0 Å². The third-order valence-corrected chi connectivity index (χ3v) is 24.6. The van der Waals surface area contributed by atoms with E-state index in [9.17, 15) is 30.6 Å². The van der Waals surface area contributed by atoms with Gasteiger partial charge in [0.25, 0.3) is 34.9 Å². The van der Waals surface area contributed by atoms with Crippen LogP contribution in [0.15, 0.2) is 323 Å². The summed E-state index contributed by atoms with van der Waals surface area (Å²) < 4.78 is 33.9. The van der Waals surface area contributed by atoms with Crippen molar-refractivity contribution >= 4 is 69.5 Å². The maximum Gasteiger partial charge on any atom is 0.292 e. The summed E-state index contributed by atoms with van der Waals surface area (Å²) in [6, 6.07) is 70.5. The number of imidazole rings is 6. The lowest BCUT2D eigenvalue weighted by Crippen LogP contribution is -2.40. The van der Waals surface area contributed by atoms with Crippen molar-refractivity contribution in [3.63, 3.8) is 0 Å². The second-order valence-electron chi connectivity index (χ2n) is 34.3.